The first-order valence-electron chi connectivity index (χ1n) is 8.73. The first kappa shape index (κ1) is 18.4. The second-order valence-electron chi connectivity index (χ2n) is 6.12. The van der Waals surface area contributed by atoms with Crippen molar-refractivity contribution in [3.05, 3.63) is 107 Å². The molecule has 3 aromatic rings. The number of ether oxygens (including phenoxy) is 1. The van der Waals surface area contributed by atoms with Crippen LogP contribution in [0.1, 0.15) is 32.6 Å². The quantitative estimate of drug-likeness (QED) is 0.690. The lowest BCUT2D eigenvalue weighted by Gasteiger charge is -2.11. The van der Waals surface area contributed by atoms with Crippen LogP contribution in [0.5, 0.6) is 0 Å². The maximum atomic E-state index is 12.3. The summed E-state index contributed by atoms with van der Waals surface area (Å²) in [6, 6.07) is 26.6. The highest BCUT2D eigenvalue weighted by Crippen LogP contribution is 2.12. The Bertz CT molecular complexity index is 946. The zero-order chi connectivity index (χ0) is 18.9. The standard InChI is InChI=1S/C23H20N2O2/c24-14-19-9-6-12-20(13-19)23(26)25-15-21-10-4-5-11-22(21)17-27-16-18-7-2-1-3-8-18/h1-13H,15-17H2,(H,25,26). The van der Waals surface area contributed by atoms with E-state index in [0.29, 0.717) is 30.9 Å². The van der Waals surface area contributed by atoms with Gasteiger partial charge in [0.25, 0.3) is 5.91 Å². The lowest BCUT2D eigenvalue weighted by molar-refractivity contribution is 0.0947. The average Bonchev–Trinajstić information content (AvgIpc) is 2.73. The van der Waals surface area contributed by atoms with E-state index in [0.717, 1.165) is 16.7 Å². The summed E-state index contributed by atoms with van der Waals surface area (Å²) >= 11 is 0. The summed E-state index contributed by atoms with van der Waals surface area (Å²) in [7, 11) is 0. The number of nitriles is 1. The van der Waals surface area contributed by atoms with Gasteiger partial charge in [0, 0.05) is 12.1 Å². The van der Waals surface area contributed by atoms with E-state index in [1.807, 2.05) is 60.7 Å². The van der Waals surface area contributed by atoms with Crippen LogP contribution in [0.3, 0.4) is 0 Å². The van der Waals surface area contributed by atoms with Crippen LogP contribution in [-0.2, 0) is 24.5 Å². The smallest absolute Gasteiger partial charge is 0.251 e. The summed E-state index contributed by atoms with van der Waals surface area (Å²) < 4.78 is 5.82. The van der Waals surface area contributed by atoms with E-state index in [1.165, 1.54) is 0 Å². The van der Waals surface area contributed by atoms with Gasteiger partial charge in [-0.15, -0.1) is 0 Å². The SMILES string of the molecule is N#Cc1cccc(C(=O)NCc2ccccc2COCc2ccccc2)c1. The Morgan fingerprint density at radius 3 is 2.41 bits per heavy atom. The molecule has 134 valence electrons. The van der Waals surface area contributed by atoms with Crippen LogP contribution in [0.25, 0.3) is 0 Å². The molecule has 0 aliphatic rings. The highest BCUT2D eigenvalue weighted by Gasteiger charge is 2.08. The fraction of sp³-hybridized carbons (Fsp3) is 0.130. The zero-order valence-corrected chi connectivity index (χ0v) is 14.9. The molecule has 0 bridgehead atoms. The molecular weight excluding hydrogens is 336 g/mol. The minimum atomic E-state index is -0.202. The molecule has 0 aliphatic carbocycles. The van der Waals surface area contributed by atoms with Gasteiger partial charge in [-0.1, -0.05) is 60.7 Å². The Hall–Kier alpha value is -3.42. The van der Waals surface area contributed by atoms with Gasteiger partial charge in [-0.25, -0.2) is 0 Å². The molecule has 4 nitrogen and oxygen atoms in total. The minimum absolute atomic E-state index is 0.202. The zero-order valence-electron chi connectivity index (χ0n) is 14.9. The van der Waals surface area contributed by atoms with Crippen molar-refractivity contribution in [1.29, 1.82) is 5.26 Å². The minimum Gasteiger partial charge on any atom is -0.372 e. The van der Waals surface area contributed by atoms with Crippen molar-refractivity contribution in [2.45, 2.75) is 19.8 Å². The molecule has 0 fully saturated rings. The summed E-state index contributed by atoms with van der Waals surface area (Å²) in [5, 5.41) is 11.9. The molecule has 0 atom stereocenters. The van der Waals surface area contributed by atoms with Crippen molar-refractivity contribution >= 4 is 5.91 Å². The number of carbonyl (C=O) groups is 1. The number of nitrogens with zero attached hydrogens (tertiary/aromatic N) is 1. The van der Waals surface area contributed by atoms with Crippen molar-refractivity contribution < 1.29 is 9.53 Å². The largest absolute Gasteiger partial charge is 0.372 e. The van der Waals surface area contributed by atoms with Crippen LogP contribution in [0.15, 0.2) is 78.9 Å². The lowest BCUT2D eigenvalue weighted by atomic mass is 10.1. The highest BCUT2D eigenvalue weighted by molar-refractivity contribution is 5.94. The molecule has 0 radical (unpaired) electrons. The number of nitrogens with one attached hydrogen (secondary N) is 1. The van der Waals surface area contributed by atoms with E-state index in [1.54, 1.807) is 24.3 Å². The summed E-state index contributed by atoms with van der Waals surface area (Å²) in [5.41, 5.74) is 4.12. The van der Waals surface area contributed by atoms with Gasteiger partial charge in [0.1, 0.15) is 0 Å². The third-order valence-corrected chi connectivity index (χ3v) is 4.18. The second kappa shape index (κ2) is 9.33. The molecular formula is C23H20N2O2. The number of hydrogen-bond donors (Lipinski definition) is 1. The predicted molar refractivity (Wildman–Crippen MR) is 104 cm³/mol. The van der Waals surface area contributed by atoms with Gasteiger partial charge < -0.3 is 10.1 Å². The number of amides is 1. The molecule has 1 amide bonds. The number of benzene rings is 3. The summed E-state index contributed by atoms with van der Waals surface area (Å²) in [5.74, 6) is -0.202. The van der Waals surface area contributed by atoms with Crippen molar-refractivity contribution in [3.8, 4) is 6.07 Å². The van der Waals surface area contributed by atoms with Crippen molar-refractivity contribution in [3.63, 3.8) is 0 Å². The Balaban J connectivity index is 1.58. The van der Waals surface area contributed by atoms with E-state index in [4.69, 9.17) is 10.00 Å². The molecule has 1 N–H and O–H groups in total. The topological polar surface area (TPSA) is 62.1 Å². The van der Waals surface area contributed by atoms with Crippen molar-refractivity contribution in [2.24, 2.45) is 0 Å². The number of hydrogen-bond acceptors (Lipinski definition) is 3. The van der Waals surface area contributed by atoms with Gasteiger partial charge in [-0.3, -0.25) is 4.79 Å². The van der Waals surface area contributed by atoms with Crippen LogP contribution in [0.2, 0.25) is 0 Å². The van der Waals surface area contributed by atoms with Gasteiger partial charge in [-0.2, -0.15) is 5.26 Å². The summed E-state index contributed by atoms with van der Waals surface area (Å²) in [6.45, 7) is 1.42. The Morgan fingerprint density at radius 1 is 0.889 bits per heavy atom. The summed E-state index contributed by atoms with van der Waals surface area (Å²) in [4.78, 5) is 12.3. The average molecular weight is 356 g/mol. The molecule has 27 heavy (non-hydrogen) atoms. The molecule has 3 rings (SSSR count). The molecule has 0 aliphatic heterocycles. The van der Waals surface area contributed by atoms with Gasteiger partial charge in [-0.05, 0) is 34.9 Å². The van der Waals surface area contributed by atoms with Crippen molar-refractivity contribution in [1.82, 2.24) is 5.32 Å². The highest BCUT2D eigenvalue weighted by atomic mass is 16.5. The normalized spacial score (nSPS) is 10.2. The molecule has 3 aromatic carbocycles. The molecule has 0 aromatic heterocycles. The Labute approximate surface area is 159 Å². The van der Waals surface area contributed by atoms with Crippen LogP contribution < -0.4 is 5.32 Å². The van der Waals surface area contributed by atoms with E-state index in [-0.39, 0.29) is 5.91 Å². The fourth-order valence-corrected chi connectivity index (χ4v) is 2.73. The number of rotatable bonds is 7. The molecule has 0 spiro atoms. The van der Waals surface area contributed by atoms with Crippen LogP contribution in [0.4, 0.5) is 0 Å². The van der Waals surface area contributed by atoms with Gasteiger partial charge in [0.05, 0.1) is 24.8 Å². The molecule has 0 heterocycles. The van der Waals surface area contributed by atoms with Gasteiger partial charge >= 0.3 is 0 Å². The van der Waals surface area contributed by atoms with Gasteiger partial charge in [0.15, 0.2) is 0 Å². The fourth-order valence-electron chi connectivity index (χ4n) is 2.73. The second-order valence-corrected chi connectivity index (χ2v) is 6.12. The first-order valence-corrected chi connectivity index (χ1v) is 8.73. The third kappa shape index (κ3) is 5.27. The predicted octanol–water partition coefficient (Wildman–Crippen LogP) is 4.21. The maximum absolute atomic E-state index is 12.3. The van der Waals surface area contributed by atoms with Crippen LogP contribution in [0, 0.1) is 11.3 Å². The van der Waals surface area contributed by atoms with Gasteiger partial charge in [0.2, 0.25) is 0 Å². The van der Waals surface area contributed by atoms with Crippen molar-refractivity contribution in [2.75, 3.05) is 0 Å². The maximum Gasteiger partial charge on any atom is 0.251 e. The van der Waals surface area contributed by atoms with E-state index in [9.17, 15) is 4.79 Å². The van der Waals surface area contributed by atoms with E-state index in [2.05, 4.69) is 5.32 Å². The summed E-state index contributed by atoms with van der Waals surface area (Å²) in [6.07, 6.45) is 0. The lowest BCUT2D eigenvalue weighted by Crippen LogP contribution is -2.23. The molecule has 4 heteroatoms. The van der Waals surface area contributed by atoms with E-state index >= 15 is 0 Å². The Morgan fingerprint density at radius 2 is 1.63 bits per heavy atom. The number of carbonyl (C=O) groups excluding carboxylic acids is 1. The molecule has 0 saturated heterocycles. The van der Waals surface area contributed by atoms with E-state index < -0.39 is 0 Å². The Kier molecular flexibility index (Phi) is 6.35. The monoisotopic (exact) mass is 356 g/mol. The third-order valence-electron chi connectivity index (χ3n) is 4.18. The molecule has 0 unspecified atom stereocenters. The molecule has 0 saturated carbocycles. The van der Waals surface area contributed by atoms with Crippen LogP contribution in [-0.4, -0.2) is 5.91 Å². The van der Waals surface area contributed by atoms with Crippen LogP contribution >= 0.6 is 0 Å². The first-order chi connectivity index (χ1) is 13.3.